The van der Waals surface area contributed by atoms with Gasteiger partial charge in [0.25, 0.3) is 0 Å². The third-order valence-corrected chi connectivity index (χ3v) is 5.49. The minimum Gasteiger partial charge on any atom is -0.466 e. The number of esters is 1. The summed E-state index contributed by atoms with van der Waals surface area (Å²) in [6.07, 6.45) is 4.52. The maximum atomic E-state index is 11.9. The number of carbonyl (C=O) groups excluding carboxylic acids is 1. The van der Waals surface area contributed by atoms with Crippen molar-refractivity contribution in [1.82, 2.24) is 10.2 Å². The summed E-state index contributed by atoms with van der Waals surface area (Å²) >= 11 is 2.06. The van der Waals surface area contributed by atoms with Crippen molar-refractivity contribution >= 4 is 23.7 Å². The van der Waals surface area contributed by atoms with Gasteiger partial charge in [0.05, 0.1) is 12.5 Å². The van der Waals surface area contributed by atoms with Crippen molar-refractivity contribution in [3.8, 4) is 0 Å². The highest BCUT2D eigenvalue weighted by Gasteiger charge is 2.28. The Labute approximate surface area is 138 Å². The minimum atomic E-state index is -0.0630. The van der Waals surface area contributed by atoms with E-state index in [-0.39, 0.29) is 11.9 Å². The molecule has 0 aromatic rings. The van der Waals surface area contributed by atoms with Crippen LogP contribution in [0.25, 0.3) is 0 Å². The molecule has 0 aromatic carbocycles. The van der Waals surface area contributed by atoms with Crippen LogP contribution in [0.2, 0.25) is 0 Å². The number of carbonyl (C=O) groups is 1. The largest absolute Gasteiger partial charge is 0.466 e. The van der Waals surface area contributed by atoms with E-state index in [1.165, 1.54) is 24.3 Å². The Morgan fingerprint density at radius 1 is 1.36 bits per heavy atom. The van der Waals surface area contributed by atoms with Crippen LogP contribution in [0.4, 0.5) is 0 Å². The predicted octanol–water partition coefficient (Wildman–Crippen LogP) is 1.98. The Kier molecular flexibility index (Phi) is 7.36. The number of likely N-dealkylation sites (tertiary alicyclic amines) is 1. The lowest BCUT2D eigenvalue weighted by molar-refractivity contribution is -0.149. The quantitative estimate of drug-likeness (QED) is 0.486. The van der Waals surface area contributed by atoms with E-state index in [1.807, 2.05) is 14.0 Å². The molecule has 0 aliphatic carbocycles. The summed E-state index contributed by atoms with van der Waals surface area (Å²) in [6.45, 7) is 5.01. The fourth-order valence-electron chi connectivity index (χ4n) is 3.14. The third-order valence-electron chi connectivity index (χ3n) is 4.44. The molecule has 2 fully saturated rings. The van der Waals surface area contributed by atoms with Gasteiger partial charge in [-0.3, -0.25) is 9.79 Å². The zero-order chi connectivity index (χ0) is 15.8. The highest BCUT2D eigenvalue weighted by molar-refractivity contribution is 7.99. The maximum absolute atomic E-state index is 11.9. The van der Waals surface area contributed by atoms with Crippen molar-refractivity contribution in [1.29, 1.82) is 0 Å². The molecule has 126 valence electrons. The number of ether oxygens (including phenoxy) is 1. The first-order valence-electron chi connectivity index (χ1n) is 8.44. The molecule has 2 aliphatic rings. The van der Waals surface area contributed by atoms with E-state index in [2.05, 4.69) is 27.0 Å². The molecule has 2 saturated heterocycles. The van der Waals surface area contributed by atoms with Gasteiger partial charge in [-0.15, -0.1) is 0 Å². The van der Waals surface area contributed by atoms with E-state index in [9.17, 15) is 4.79 Å². The molecule has 6 heteroatoms. The molecular weight excluding hydrogens is 298 g/mol. The van der Waals surface area contributed by atoms with Crippen LogP contribution in [0, 0.1) is 11.8 Å². The zero-order valence-corrected chi connectivity index (χ0v) is 14.7. The zero-order valence-electron chi connectivity index (χ0n) is 13.8. The standard InChI is InChI=1S/C16H29N3O2S/c1-3-21-15(20)14-5-4-8-19(12-14)16(17-2)18-11-13-6-9-22-10-7-13/h13-14H,3-12H2,1-2H3,(H,17,18). The summed E-state index contributed by atoms with van der Waals surface area (Å²) in [5.74, 6) is 4.17. The topological polar surface area (TPSA) is 53.9 Å². The first-order valence-corrected chi connectivity index (χ1v) is 9.60. The Bertz CT molecular complexity index is 384. The number of hydrogen-bond acceptors (Lipinski definition) is 4. The Hall–Kier alpha value is -0.910. The molecule has 2 heterocycles. The Morgan fingerprint density at radius 2 is 2.14 bits per heavy atom. The second-order valence-electron chi connectivity index (χ2n) is 6.02. The fourth-order valence-corrected chi connectivity index (χ4v) is 4.34. The number of hydrogen-bond donors (Lipinski definition) is 1. The lowest BCUT2D eigenvalue weighted by atomic mass is 9.98. The van der Waals surface area contributed by atoms with Crippen molar-refractivity contribution in [2.24, 2.45) is 16.8 Å². The molecule has 22 heavy (non-hydrogen) atoms. The first-order chi connectivity index (χ1) is 10.7. The first kappa shape index (κ1) is 17.4. The number of nitrogens with one attached hydrogen (secondary N) is 1. The van der Waals surface area contributed by atoms with Crippen LogP contribution in [0.15, 0.2) is 4.99 Å². The molecule has 0 radical (unpaired) electrons. The number of guanidine groups is 1. The van der Waals surface area contributed by atoms with Crippen LogP contribution in [-0.2, 0) is 9.53 Å². The minimum absolute atomic E-state index is 0.0154. The SMILES string of the molecule is CCOC(=O)C1CCCN(C(=NC)NCC2CCSCC2)C1. The average Bonchev–Trinajstić information content (AvgIpc) is 2.57. The van der Waals surface area contributed by atoms with Crippen molar-refractivity contribution < 1.29 is 9.53 Å². The van der Waals surface area contributed by atoms with E-state index in [0.717, 1.165) is 44.4 Å². The van der Waals surface area contributed by atoms with Crippen molar-refractivity contribution in [2.75, 3.05) is 44.8 Å². The van der Waals surface area contributed by atoms with Crippen LogP contribution < -0.4 is 5.32 Å². The number of nitrogens with zero attached hydrogens (tertiary/aromatic N) is 2. The maximum Gasteiger partial charge on any atom is 0.310 e. The summed E-state index contributed by atoms with van der Waals surface area (Å²) in [6, 6.07) is 0. The van der Waals surface area contributed by atoms with Gasteiger partial charge in [0.15, 0.2) is 5.96 Å². The Morgan fingerprint density at radius 3 is 2.82 bits per heavy atom. The molecule has 2 aliphatic heterocycles. The van der Waals surface area contributed by atoms with E-state index < -0.39 is 0 Å². The molecule has 1 unspecified atom stereocenters. The third kappa shape index (κ3) is 5.07. The number of aliphatic imine (C=N–C) groups is 1. The van der Waals surface area contributed by atoms with Gasteiger partial charge < -0.3 is 15.0 Å². The fraction of sp³-hybridized carbons (Fsp3) is 0.875. The monoisotopic (exact) mass is 327 g/mol. The number of rotatable bonds is 4. The van der Waals surface area contributed by atoms with Gasteiger partial charge >= 0.3 is 5.97 Å². The highest BCUT2D eigenvalue weighted by Crippen LogP contribution is 2.22. The molecule has 1 atom stereocenters. The van der Waals surface area contributed by atoms with E-state index >= 15 is 0 Å². The molecule has 2 rings (SSSR count). The summed E-state index contributed by atoms with van der Waals surface area (Å²) in [4.78, 5) is 18.6. The molecule has 0 amide bonds. The normalized spacial score (nSPS) is 24.2. The van der Waals surface area contributed by atoms with Crippen LogP contribution >= 0.6 is 11.8 Å². The lowest BCUT2D eigenvalue weighted by Crippen LogP contribution is -2.49. The van der Waals surface area contributed by atoms with Crippen LogP contribution in [0.3, 0.4) is 0 Å². The van der Waals surface area contributed by atoms with Crippen molar-refractivity contribution in [3.63, 3.8) is 0 Å². The van der Waals surface area contributed by atoms with Crippen LogP contribution in [0.5, 0.6) is 0 Å². The average molecular weight is 327 g/mol. The molecule has 0 aromatic heterocycles. The molecule has 1 N–H and O–H groups in total. The van der Waals surface area contributed by atoms with E-state index in [4.69, 9.17) is 4.74 Å². The molecule has 0 spiro atoms. The van der Waals surface area contributed by atoms with Gasteiger partial charge in [0, 0.05) is 26.7 Å². The van der Waals surface area contributed by atoms with Gasteiger partial charge in [-0.1, -0.05) is 0 Å². The molecular formula is C16H29N3O2S. The number of thioether (sulfide) groups is 1. The van der Waals surface area contributed by atoms with Gasteiger partial charge in [-0.25, -0.2) is 0 Å². The van der Waals surface area contributed by atoms with Crippen LogP contribution in [0.1, 0.15) is 32.6 Å². The van der Waals surface area contributed by atoms with Gasteiger partial charge in [-0.2, -0.15) is 11.8 Å². The van der Waals surface area contributed by atoms with Gasteiger partial charge in [0.2, 0.25) is 0 Å². The van der Waals surface area contributed by atoms with E-state index in [1.54, 1.807) is 0 Å². The Balaban J connectivity index is 1.83. The van der Waals surface area contributed by atoms with Crippen LogP contribution in [-0.4, -0.2) is 61.6 Å². The molecule has 0 saturated carbocycles. The summed E-state index contributed by atoms with van der Waals surface area (Å²) in [5.41, 5.74) is 0. The summed E-state index contributed by atoms with van der Waals surface area (Å²) in [5, 5.41) is 3.51. The molecule has 0 bridgehead atoms. The highest BCUT2D eigenvalue weighted by atomic mass is 32.2. The van der Waals surface area contributed by atoms with Crippen molar-refractivity contribution in [3.05, 3.63) is 0 Å². The smallest absolute Gasteiger partial charge is 0.310 e. The summed E-state index contributed by atoms with van der Waals surface area (Å²) in [7, 11) is 1.83. The second kappa shape index (κ2) is 9.28. The van der Waals surface area contributed by atoms with Crippen molar-refractivity contribution in [2.45, 2.75) is 32.6 Å². The van der Waals surface area contributed by atoms with Gasteiger partial charge in [0.1, 0.15) is 0 Å². The number of piperidine rings is 1. The van der Waals surface area contributed by atoms with E-state index in [0.29, 0.717) is 6.61 Å². The summed E-state index contributed by atoms with van der Waals surface area (Å²) < 4.78 is 5.17. The van der Waals surface area contributed by atoms with Gasteiger partial charge in [-0.05, 0) is 50.0 Å². The molecule has 5 nitrogen and oxygen atoms in total. The lowest BCUT2D eigenvalue weighted by Gasteiger charge is -2.34. The second-order valence-corrected chi connectivity index (χ2v) is 7.25. The predicted molar refractivity (Wildman–Crippen MR) is 92.3 cm³/mol.